The van der Waals surface area contributed by atoms with Crippen molar-refractivity contribution in [1.29, 1.82) is 0 Å². The van der Waals surface area contributed by atoms with Gasteiger partial charge in [0.15, 0.2) is 6.61 Å². The molecule has 0 amide bonds. The Morgan fingerprint density at radius 3 is 2.81 bits per heavy atom. The number of fused-ring (bicyclic) bond motifs is 1. The SMILES string of the molecule is O=C(COc1ccc(Cl)cc1)c1cccc2c1OCCC2. The summed E-state index contributed by atoms with van der Waals surface area (Å²) >= 11 is 5.81. The first kappa shape index (κ1) is 14.0. The summed E-state index contributed by atoms with van der Waals surface area (Å²) < 4.78 is 11.2. The van der Waals surface area contributed by atoms with Gasteiger partial charge in [0.05, 0.1) is 12.2 Å². The largest absolute Gasteiger partial charge is 0.493 e. The van der Waals surface area contributed by atoms with E-state index in [1.165, 1.54) is 0 Å². The van der Waals surface area contributed by atoms with E-state index in [4.69, 9.17) is 21.1 Å². The highest BCUT2D eigenvalue weighted by Crippen LogP contribution is 2.29. The van der Waals surface area contributed by atoms with Crippen molar-refractivity contribution in [3.63, 3.8) is 0 Å². The number of carbonyl (C=O) groups excluding carboxylic acids is 1. The van der Waals surface area contributed by atoms with E-state index in [-0.39, 0.29) is 12.4 Å². The Labute approximate surface area is 128 Å². The molecule has 1 aliphatic heterocycles. The van der Waals surface area contributed by atoms with Gasteiger partial charge >= 0.3 is 0 Å². The maximum absolute atomic E-state index is 12.3. The Balaban J connectivity index is 1.72. The Kier molecular flexibility index (Phi) is 4.11. The molecule has 0 aromatic heterocycles. The van der Waals surface area contributed by atoms with Crippen molar-refractivity contribution in [2.75, 3.05) is 13.2 Å². The first-order chi connectivity index (χ1) is 10.2. The highest BCUT2D eigenvalue weighted by Gasteiger charge is 2.19. The van der Waals surface area contributed by atoms with E-state index in [1.807, 2.05) is 12.1 Å². The molecule has 0 bridgehead atoms. The van der Waals surface area contributed by atoms with Crippen LogP contribution in [-0.4, -0.2) is 19.0 Å². The van der Waals surface area contributed by atoms with Gasteiger partial charge in [-0.05, 0) is 48.7 Å². The van der Waals surface area contributed by atoms with Gasteiger partial charge < -0.3 is 9.47 Å². The molecular weight excluding hydrogens is 288 g/mol. The van der Waals surface area contributed by atoms with Crippen LogP contribution in [0.1, 0.15) is 22.3 Å². The fourth-order valence-electron chi connectivity index (χ4n) is 2.37. The topological polar surface area (TPSA) is 35.5 Å². The van der Waals surface area contributed by atoms with Gasteiger partial charge in [-0.15, -0.1) is 0 Å². The lowest BCUT2D eigenvalue weighted by Crippen LogP contribution is -2.17. The summed E-state index contributed by atoms with van der Waals surface area (Å²) in [5, 5.41) is 0.638. The molecule has 2 aromatic rings. The quantitative estimate of drug-likeness (QED) is 0.803. The Bertz CT molecular complexity index is 650. The van der Waals surface area contributed by atoms with E-state index in [0.29, 0.717) is 28.7 Å². The van der Waals surface area contributed by atoms with Crippen molar-refractivity contribution >= 4 is 17.4 Å². The molecule has 1 aliphatic rings. The predicted molar refractivity (Wildman–Crippen MR) is 81.5 cm³/mol. The van der Waals surface area contributed by atoms with Crippen LogP contribution in [0.2, 0.25) is 5.02 Å². The Morgan fingerprint density at radius 2 is 2.00 bits per heavy atom. The van der Waals surface area contributed by atoms with Crippen LogP contribution in [0.25, 0.3) is 0 Å². The molecule has 3 rings (SSSR count). The molecule has 0 N–H and O–H groups in total. The lowest BCUT2D eigenvalue weighted by atomic mass is 10.0. The highest BCUT2D eigenvalue weighted by molar-refractivity contribution is 6.30. The van der Waals surface area contributed by atoms with Crippen LogP contribution >= 0.6 is 11.6 Å². The normalized spacial score (nSPS) is 13.2. The summed E-state index contributed by atoms with van der Waals surface area (Å²) in [6.45, 7) is 0.650. The molecule has 108 valence electrons. The molecule has 0 atom stereocenters. The molecule has 0 aliphatic carbocycles. The average Bonchev–Trinajstić information content (AvgIpc) is 2.53. The van der Waals surface area contributed by atoms with Crippen molar-refractivity contribution in [2.24, 2.45) is 0 Å². The minimum atomic E-state index is -0.0799. The minimum Gasteiger partial charge on any atom is -0.493 e. The van der Waals surface area contributed by atoms with Crippen molar-refractivity contribution in [1.82, 2.24) is 0 Å². The van der Waals surface area contributed by atoms with Gasteiger partial charge in [-0.1, -0.05) is 23.7 Å². The van der Waals surface area contributed by atoms with Crippen molar-refractivity contribution in [3.8, 4) is 11.5 Å². The summed E-state index contributed by atoms with van der Waals surface area (Å²) in [7, 11) is 0. The van der Waals surface area contributed by atoms with Crippen molar-refractivity contribution in [3.05, 3.63) is 58.6 Å². The number of ether oxygens (including phenoxy) is 2. The predicted octanol–water partition coefficient (Wildman–Crippen LogP) is 3.93. The summed E-state index contributed by atoms with van der Waals surface area (Å²) in [5.41, 5.74) is 1.69. The molecular formula is C17H15ClO3. The molecule has 0 radical (unpaired) electrons. The molecule has 1 heterocycles. The van der Waals surface area contributed by atoms with Crippen molar-refractivity contribution < 1.29 is 14.3 Å². The second kappa shape index (κ2) is 6.19. The fourth-order valence-corrected chi connectivity index (χ4v) is 2.49. The number of benzene rings is 2. The summed E-state index contributed by atoms with van der Waals surface area (Å²) in [5.74, 6) is 1.26. The maximum Gasteiger partial charge on any atom is 0.203 e. The van der Waals surface area contributed by atoms with E-state index in [2.05, 4.69) is 0 Å². The van der Waals surface area contributed by atoms with E-state index >= 15 is 0 Å². The van der Waals surface area contributed by atoms with Crippen molar-refractivity contribution in [2.45, 2.75) is 12.8 Å². The Morgan fingerprint density at radius 1 is 1.19 bits per heavy atom. The smallest absolute Gasteiger partial charge is 0.203 e. The van der Waals surface area contributed by atoms with Gasteiger partial charge in [-0.2, -0.15) is 0 Å². The van der Waals surface area contributed by atoms with Crippen LogP contribution in [0, 0.1) is 0 Å². The minimum absolute atomic E-state index is 0.0125. The molecule has 0 spiro atoms. The zero-order chi connectivity index (χ0) is 14.7. The first-order valence-electron chi connectivity index (χ1n) is 6.90. The molecule has 2 aromatic carbocycles. The van der Waals surface area contributed by atoms with E-state index in [1.54, 1.807) is 30.3 Å². The molecule has 0 saturated carbocycles. The van der Waals surface area contributed by atoms with Crippen LogP contribution < -0.4 is 9.47 Å². The molecule has 0 fully saturated rings. The van der Waals surface area contributed by atoms with E-state index in [0.717, 1.165) is 18.4 Å². The van der Waals surface area contributed by atoms with Crippen LogP contribution in [-0.2, 0) is 6.42 Å². The van der Waals surface area contributed by atoms with Gasteiger partial charge in [0.2, 0.25) is 5.78 Å². The second-order valence-corrected chi connectivity index (χ2v) is 5.35. The zero-order valence-corrected chi connectivity index (χ0v) is 12.2. The number of ketones is 1. The number of aryl methyl sites for hydroxylation is 1. The van der Waals surface area contributed by atoms with Crippen LogP contribution in [0.4, 0.5) is 0 Å². The highest BCUT2D eigenvalue weighted by atomic mass is 35.5. The number of hydrogen-bond donors (Lipinski definition) is 0. The number of Topliss-reactive ketones (excluding diaryl/α,β-unsaturated/α-hetero) is 1. The summed E-state index contributed by atoms with van der Waals surface area (Å²) in [4.78, 5) is 12.3. The van der Waals surface area contributed by atoms with E-state index in [9.17, 15) is 4.79 Å². The molecule has 4 heteroatoms. The number of para-hydroxylation sites is 1. The number of carbonyl (C=O) groups is 1. The van der Waals surface area contributed by atoms with E-state index < -0.39 is 0 Å². The maximum atomic E-state index is 12.3. The molecule has 3 nitrogen and oxygen atoms in total. The third kappa shape index (κ3) is 3.19. The molecule has 0 unspecified atom stereocenters. The second-order valence-electron chi connectivity index (χ2n) is 4.91. The van der Waals surface area contributed by atoms with Gasteiger partial charge in [-0.25, -0.2) is 0 Å². The monoisotopic (exact) mass is 302 g/mol. The third-order valence-corrected chi connectivity index (χ3v) is 3.67. The van der Waals surface area contributed by atoms with Crippen LogP contribution in [0.5, 0.6) is 11.5 Å². The zero-order valence-electron chi connectivity index (χ0n) is 11.5. The van der Waals surface area contributed by atoms with Crippen LogP contribution in [0.3, 0.4) is 0 Å². The number of rotatable bonds is 4. The van der Waals surface area contributed by atoms with Gasteiger partial charge in [0.1, 0.15) is 11.5 Å². The summed E-state index contributed by atoms with van der Waals surface area (Å²) in [6.07, 6.45) is 1.94. The van der Waals surface area contributed by atoms with Gasteiger partial charge in [0.25, 0.3) is 0 Å². The molecule has 21 heavy (non-hydrogen) atoms. The van der Waals surface area contributed by atoms with Crippen LogP contribution in [0.15, 0.2) is 42.5 Å². The third-order valence-electron chi connectivity index (χ3n) is 3.42. The molecule has 0 saturated heterocycles. The first-order valence-corrected chi connectivity index (χ1v) is 7.28. The number of halogens is 1. The average molecular weight is 303 g/mol. The summed E-state index contributed by atoms with van der Waals surface area (Å²) in [6, 6.07) is 12.6. The van der Waals surface area contributed by atoms with Gasteiger partial charge in [0, 0.05) is 5.02 Å². The standard InChI is InChI=1S/C17H15ClO3/c18-13-6-8-14(9-7-13)21-11-16(19)15-5-1-3-12-4-2-10-20-17(12)15/h1,3,5-9H,2,4,10-11H2. The number of hydrogen-bond acceptors (Lipinski definition) is 3. The Hall–Kier alpha value is -2.00. The fraction of sp³-hybridized carbons (Fsp3) is 0.235. The lowest BCUT2D eigenvalue weighted by Gasteiger charge is -2.19. The lowest BCUT2D eigenvalue weighted by molar-refractivity contribution is 0.0916. The van der Waals surface area contributed by atoms with Gasteiger partial charge in [-0.3, -0.25) is 4.79 Å².